The maximum atomic E-state index is 12.8. The highest BCUT2D eigenvalue weighted by Crippen LogP contribution is 2.56. The number of amides is 2. The standard InChI is InChI=1S/C27H41N3O3S/c1-5-19(20-8-6-7-9-22(20)34)16-21(28)23(31)29-17-26-10-13-27(14-11-26,15-12-26)18-30-24(32)33-25(2,3)4/h5-9,21,34H,10-18,28H2,1-4H3,(H,29,31)(H,30,32)/b19-5-/t21-,26?,27?/m0/s1. The number of benzene rings is 1. The number of thiol groups is 1. The van der Waals surface area contributed by atoms with Gasteiger partial charge in [-0.3, -0.25) is 4.79 Å². The summed E-state index contributed by atoms with van der Waals surface area (Å²) in [4.78, 5) is 25.8. The fraction of sp³-hybridized carbons (Fsp3) is 0.630. The molecule has 3 fully saturated rings. The van der Waals surface area contributed by atoms with Crippen LogP contribution in [0.2, 0.25) is 0 Å². The van der Waals surface area contributed by atoms with Gasteiger partial charge >= 0.3 is 6.09 Å². The van der Waals surface area contributed by atoms with Crippen molar-refractivity contribution in [2.75, 3.05) is 13.1 Å². The van der Waals surface area contributed by atoms with Crippen LogP contribution in [0.3, 0.4) is 0 Å². The molecule has 7 heteroatoms. The van der Waals surface area contributed by atoms with E-state index in [0.29, 0.717) is 19.5 Å². The third kappa shape index (κ3) is 6.79. The van der Waals surface area contributed by atoms with Crippen LogP contribution in [0.15, 0.2) is 35.2 Å². The Morgan fingerprint density at radius 2 is 1.59 bits per heavy atom. The number of alkyl carbamates (subject to hydrolysis) is 1. The van der Waals surface area contributed by atoms with Crippen LogP contribution in [-0.4, -0.2) is 36.7 Å². The van der Waals surface area contributed by atoms with E-state index >= 15 is 0 Å². The molecule has 3 saturated carbocycles. The average molecular weight is 488 g/mol. The van der Waals surface area contributed by atoms with Gasteiger partial charge in [0.25, 0.3) is 0 Å². The van der Waals surface area contributed by atoms with Gasteiger partial charge in [0, 0.05) is 18.0 Å². The molecule has 1 aromatic carbocycles. The number of hydrogen-bond donors (Lipinski definition) is 4. The second kappa shape index (κ2) is 10.7. The van der Waals surface area contributed by atoms with E-state index in [0.717, 1.165) is 54.6 Å². The molecule has 2 amide bonds. The smallest absolute Gasteiger partial charge is 0.407 e. The minimum absolute atomic E-state index is 0.0978. The lowest BCUT2D eigenvalue weighted by Crippen LogP contribution is -2.52. The molecule has 188 valence electrons. The monoisotopic (exact) mass is 487 g/mol. The topological polar surface area (TPSA) is 93.5 Å². The van der Waals surface area contributed by atoms with Crippen molar-refractivity contribution < 1.29 is 14.3 Å². The number of hydrogen-bond acceptors (Lipinski definition) is 5. The first-order valence-corrected chi connectivity index (χ1v) is 12.9. The van der Waals surface area contributed by atoms with Crippen LogP contribution < -0.4 is 16.4 Å². The minimum Gasteiger partial charge on any atom is -0.444 e. The lowest BCUT2D eigenvalue weighted by Gasteiger charge is -2.53. The van der Waals surface area contributed by atoms with E-state index in [4.69, 9.17) is 10.5 Å². The quantitative estimate of drug-likeness (QED) is 0.385. The zero-order valence-corrected chi connectivity index (χ0v) is 22.0. The molecular weight excluding hydrogens is 446 g/mol. The highest BCUT2D eigenvalue weighted by atomic mass is 32.1. The SMILES string of the molecule is C/C=C(/C[C@H](N)C(=O)NCC12CCC(CNC(=O)OC(C)(C)C)(CC1)CC2)c1ccccc1S. The predicted molar refractivity (Wildman–Crippen MR) is 140 cm³/mol. The number of nitrogens with one attached hydrogen (secondary N) is 2. The largest absolute Gasteiger partial charge is 0.444 e. The molecular formula is C27H41N3O3S. The molecule has 0 saturated heterocycles. The van der Waals surface area contributed by atoms with Gasteiger partial charge in [0.2, 0.25) is 5.91 Å². The minimum atomic E-state index is -0.597. The average Bonchev–Trinajstić information content (AvgIpc) is 2.80. The molecule has 0 aromatic heterocycles. The van der Waals surface area contributed by atoms with E-state index in [1.54, 1.807) is 0 Å². The van der Waals surface area contributed by atoms with Gasteiger partial charge in [0.05, 0.1) is 6.04 Å². The van der Waals surface area contributed by atoms with Crippen LogP contribution in [0, 0.1) is 10.8 Å². The predicted octanol–water partition coefficient (Wildman–Crippen LogP) is 5.08. The van der Waals surface area contributed by atoms with Crippen molar-refractivity contribution in [3.63, 3.8) is 0 Å². The molecule has 3 aliphatic rings. The highest BCUT2D eigenvalue weighted by molar-refractivity contribution is 7.80. The van der Waals surface area contributed by atoms with Crippen LogP contribution in [0.25, 0.3) is 5.57 Å². The Morgan fingerprint density at radius 3 is 2.09 bits per heavy atom. The molecule has 0 heterocycles. The zero-order chi connectivity index (χ0) is 25.0. The Labute approximate surface area is 209 Å². The van der Waals surface area contributed by atoms with E-state index in [9.17, 15) is 9.59 Å². The summed E-state index contributed by atoms with van der Waals surface area (Å²) in [5, 5.41) is 6.14. The van der Waals surface area contributed by atoms with Crippen molar-refractivity contribution in [2.45, 2.75) is 89.2 Å². The summed E-state index contributed by atoms with van der Waals surface area (Å²) in [6, 6.07) is 7.28. The molecule has 6 nitrogen and oxygen atoms in total. The zero-order valence-electron chi connectivity index (χ0n) is 21.1. The lowest BCUT2D eigenvalue weighted by molar-refractivity contribution is -0.123. The van der Waals surface area contributed by atoms with Crippen molar-refractivity contribution in [1.82, 2.24) is 10.6 Å². The second-order valence-electron chi connectivity index (χ2n) is 11.2. The summed E-state index contributed by atoms with van der Waals surface area (Å²) < 4.78 is 5.39. The summed E-state index contributed by atoms with van der Waals surface area (Å²) in [5.74, 6) is -0.0978. The molecule has 0 spiro atoms. The molecule has 0 radical (unpaired) electrons. The Hall–Kier alpha value is -1.99. The molecule has 1 atom stereocenters. The lowest BCUT2D eigenvalue weighted by atomic mass is 9.53. The van der Waals surface area contributed by atoms with Gasteiger partial charge in [-0.1, -0.05) is 24.3 Å². The van der Waals surface area contributed by atoms with Crippen LogP contribution in [-0.2, 0) is 9.53 Å². The van der Waals surface area contributed by atoms with Crippen LogP contribution in [0.1, 0.15) is 78.2 Å². The van der Waals surface area contributed by atoms with Gasteiger partial charge in [-0.25, -0.2) is 4.79 Å². The van der Waals surface area contributed by atoms with Crippen molar-refractivity contribution in [2.24, 2.45) is 16.6 Å². The first-order valence-electron chi connectivity index (χ1n) is 12.4. The van der Waals surface area contributed by atoms with Crippen molar-refractivity contribution in [3.8, 4) is 0 Å². The Bertz CT molecular complexity index is 897. The molecule has 0 unspecified atom stereocenters. The van der Waals surface area contributed by atoms with Gasteiger partial charge in [0.1, 0.15) is 5.60 Å². The maximum Gasteiger partial charge on any atom is 0.407 e. The van der Waals surface area contributed by atoms with Gasteiger partial charge in [0.15, 0.2) is 0 Å². The van der Waals surface area contributed by atoms with E-state index in [2.05, 4.69) is 23.3 Å². The number of fused-ring (bicyclic) bond motifs is 3. The van der Waals surface area contributed by atoms with Gasteiger partial charge in [-0.2, -0.15) is 0 Å². The molecule has 2 bridgehead atoms. The molecule has 1 aromatic rings. The van der Waals surface area contributed by atoms with Crippen LogP contribution in [0.4, 0.5) is 4.79 Å². The number of nitrogens with two attached hydrogens (primary N) is 1. The highest BCUT2D eigenvalue weighted by Gasteiger charge is 2.48. The summed E-state index contributed by atoms with van der Waals surface area (Å²) in [7, 11) is 0. The van der Waals surface area contributed by atoms with Crippen LogP contribution >= 0.6 is 12.6 Å². The van der Waals surface area contributed by atoms with Crippen LogP contribution in [0.5, 0.6) is 0 Å². The van der Waals surface area contributed by atoms with E-state index in [-0.39, 0.29) is 22.8 Å². The first kappa shape index (κ1) is 26.6. The number of allylic oxidation sites excluding steroid dienone is 1. The summed E-state index contributed by atoms with van der Waals surface area (Å²) >= 11 is 4.54. The Balaban J connectivity index is 1.47. The van der Waals surface area contributed by atoms with Gasteiger partial charge < -0.3 is 21.1 Å². The number of rotatable bonds is 8. The fourth-order valence-corrected chi connectivity index (χ4v) is 5.61. The van der Waals surface area contributed by atoms with Gasteiger partial charge in [-0.15, -0.1) is 12.6 Å². The number of carbonyl (C=O) groups excluding carboxylic acids is 2. The van der Waals surface area contributed by atoms with E-state index < -0.39 is 11.6 Å². The first-order chi connectivity index (χ1) is 16.0. The van der Waals surface area contributed by atoms with Crippen molar-refractivity contribution in [1.29, 1.82) is 0 Å². The van der Waals surface area contributed by atoms with Crippen molar-refractivity contribution >= 4 is 30.2 Å². The molecule has 0 aliphatic heterocycles. The Morgan fingerprint density at radius 1 is 1.06 bits per heavy atom. The summed E-state index contributed by atoms with van der Waals surface area (Å²) in [6.07, 6.45) is 8.51. The van der Waals surface area contributed by atoms with Gasteiger partial charge in [-0.05, 0) is 101 Å². The maximum absolute atomic E-state index is 12.8. The fourth-order valence-electron chi connectivity index (χ4n) is 5.31. The number of carbonyl (C=O) groups is 2. The number of ether oxygens (including phenoxy) is 1. The van der Waals surface area contributed by atoms with E-state index in [1.807, 2.05) is 58.0 Å². The molecule has 4 N–H and O–H groups in total. The van der Waals surface area contributed by atoms with E-state index in [1.165, 1.54) is 0 Å². The summed E-state index contributed by atoms with van der Waals surface area (Å²) in [6.45, 7) is 8.92. The summed E-state index contributed by atoms with van der Waals surface area (Å²) in [5.41, 5.74) is 8.15. The second-order valence-corrected chi connectivity index (χ2v) is 11.7. The molecule has 4 rings (SSSR count). The Kier molecular flexibility index (Phi) is 8.40. The van der Waals surface area contributed by atoms with Crippen molar-refractivity contribution in [3.05, 3.63) is 35.9 Å². The third-order valence-electron chi connectivity index (χ3n) is 7.58. The third-order valence-corrected chi connectivity index (χ3v) is 7.97. The molecule has 34 heavy (non-hydrogen) atoms. The normalized spacial score (nSPS) is 25.5. The molecule has 3 aliphatic carbocycles.